The highest BCUT2D eigenvalue weighted by atomic mass is 35.5. The maximum Gasteiger partial charge on any atom is 0.224 e. The first-order valence-electron chi connectivity index (χ1n) is 4.82. The lowest BCUT2D eigenvalue weighted by Crippen LogP contribution is -2.37. The van der Waals surface area contributed by atoms with Crippen molar-refractivity contribution in [2.45, 2.75) is 37.6 Å². The van der Waals surface area contributed by atoms with Crippen LogP contribution in [-0.2, 0) is 4.79 Å². The van der Waals surface area contributed by atoms with Gasteiger partial charge in [-0.05, 0) is 19.4 Å². The van der Waals surface area contributed by atoms with E-state index in [9.17, 15) is 4.79 Å². The van der Waals surface area contributed by atoms with Gasteiger partial charge in [-0.15, -0.1) is 11.6 Å². The minimum atomic E-state index is -0.000625. The monoisotopic (exact) mass is 204 g/mol. The maximum atomic E-state index is 11.5. The molecular formula is C9H17ClN2O. The van der Waals surface area contributed by atoms with Gasteiger partial charge in [0.05, 0.1) is 5.38 Å². The van der Waals surface area contributed by atoms with Crippen LogP contribution < -0.4 is 5.73 Å². The zero-order valence-corrected chi connectivity index (χ0v) is 8.76. The average molecular weight is 205 g/mol. The number of carbonyl (C=O) groups is 1. The van der Waals surface area contributed by atoms with Gasteiger partial charge in [0.25, 0.3) is 0 Å². The fourth-order valence-electron chi connectivity index (χ4n) is 1.81. The second-order valence-electron chi connectivity index (χ2n) is 3.49. The van der Waals surface area contributed by atoms with E-state index in [-0.39, 0.29) is 11.3 Å². The Hall–Kier alpha value is -0.280. The minimum Gasteiger partial charge on any atom is -0.338 e. The SMILES string of the molecule is CCC(CCN)N1CC(Cl)CC1=O. The Morgan fingerprint density at radius 3 is 2.85 bits per heavy atom. The summed E-state index contributed by atoms with van der Waals surface area (Å²) < 4.78 is 0. The molecule has 1 saturated heterocycles. The van der Waals surface area contributed by atoms with Gasteiger partial charge in [0.2, 0.25) is 5.91 Å². The van der Waals surface area contributed by atoms with Crippen LogP contribution in [0.5, 0.6) is 0 Å². The average Bonchev–Trinajstić information content (AvgIpc) is 2.41. The summed E-state index contributed by atoms with van der Waals surface area (Å²) in [5, 5.41) is -0.000625. The molecule has 1 heterocycles. The lowest BCUT2D eigenvalue weighted by molar-refractivity contribution is -0.129. The Balaban J connectivity index is 2.53. The van der Waals surface area contributed by atoms with Gasteiger partial charge in [0.1, 0.15) is 0 Å². The lowest BCUT2D eigenvalue weighted by atomic mass is 10.1. The molecule has 2 unspecified atom stereocenters. The second-order valence-corrected chi connectivity index (χ2v) is 4.10. The number of rotatable bonds is 4. The van der Waals surface area contributed by atoms with Crippen molar-refractivity contribution in [3.63, 3.8) is 0 Å². The molecule has 13 heavy (non-hydrogen) atoms. The van der Waals surface area contributed by atoms with E-state index in [0.717, 1.165) is 12.8 Å². The molecule has 0 radical (unpaired) electrons. The van der Waals surface area contributed by atoms with E-state index in [1.54, 1.807) is 0 Å². The number of carbonyl (C=O) groups excluding carboxylic acids is 1. The molecule has 1 rings (SSSR count). The van der Waals surface area contributed by atoms with Crippen LogP contribution in [0.1, 0.15) is 26.2 Å². The molecule has 2 atom stereocenters. The Kier molecular flexibility index (Phi) is 4.00. The number of likely N-dealkylation sites (tertiary alicyclic amines) is 1. The molecule has 3 nitrogen and oxygen atoms in total. The summed E-state index contributed by atoms with van der Waals surface area (Å²) in [5.41, 5.74) is 5.48. The van der Waals surface area contributed by atoms with E-state index in [4.69, 9.17) is 17.3 Å². The quantitative estimate of drug-likeness (QED) is 0.694. The van der Waals surface area contributed by atoms with Crippen molar-refractivity contribution in [3.05, 3.63) is 0 Å². The number of hydrogen-bond donors (Lipinski definition) is 1. The molecular weight excluding hydrogens is 188 g/mol. The molecule has 0 aromatic heterocycles. The van der Waals surface area contributed by atoms with Crippen molar-refractivity contribution in [2.24, 2.45) is 5.73 Å². The van der Waals surface area contributed by atoms with Crippen LogP contribution in [0.4, 0.5) is 0 Å². The fourth-order valence-corrected chi connectivity index (χ4v) is 2.09. The van der Waals surface area contributed by atoms with Crippen LogP contribution >= 0.6 is 11.6 Å². The molecule has 1 aliphatic heterocycles. The van der Waals surface area contributed by atoms with Crippen molar-refractivity contribution < 1.29 is 4.79 Å². The first-order valence-corrected chi connectivity index (χ1v) is 5.26. The van der Waals surface area contributed by atoms with Crippen LogP contribution in [0.25, 0.3) is 0 Å². The molecule has 0 spiro atoms. The first-order chi connectivity index (χ1) is 6.19. The van der Waals surface area contributed by atoms with E-state index in [0.29, 0.717) is 25.6 Å². The van der Waals surface area contributed by atoms with Gasteiger partial charge in [-0.2, -0.15) is 0 Å². The summed E-state index contributed by atoms with van der Waals surface area (Å²) in [5.74, 6) is 0.181. The fraction of sp³-hybridized carbons (Fsp3) is 0.889. The predicted molar refractivity (Wildman–Crippen MR) is 53.7 cm³/mol. The summed E-state index contributed by atoms with van der Waals surface area (Å²) in [6.45, 7) is 3.41. The lowest BCUT2D eigenvalue weighted by Gasteiger charge is -2.26. The third-order valence-electron chi connectivity index (χ3n) is 2.52. The van der Waals surface area contributed by atoms with Crippen molar-refractivity contribution in [1.82, 2.24) is 4.90 Å². The van der Waals surface area contributed by atoms with E-state index < -0.39 is 0 Å². The summed E-state index contributed by atoms with van der Waals surface area (Å²) in [6.07, 6.45) is 2.33. The zero-order chi connectivity index (χ0) is 9.84. The molecule has 0 saturated carbocycles. The molecule has 1 amide bonds. The Labute approximate surface area is 84.2 Å². The van der Waals surface area contributed by atoms with Crippen molar-refractivity contribution in [3.8, 4) is 0 Å². The van der Waals surface area contributed by atoms with Gasteiger partial charge < -0.3 is 10.6 Å². The molecule has 2 N–H and O–H groups in total. The second kappa shape index (κ2) is 4.82. The molecule has 0 aromatic carbocycles. The Morgan fingerprint density at radius 2 is 2.46 bits per heavy atom. The number of hydrogen-bond acceptors (Lipinski definition) is 2. The van der Waals surface area contributed by atoms with Gasteiger partial charge in [0.15, 0.2) is 0 Å². The molecule has 0 aliphatic carbocycles. The van der Waals surface area contributed by atoms with E-state index in [1.807, 2.05) is 4.90 Å². The minimum absolute atomic E-state index is 0.000625. The predicted octanol–water partition coefficient (Wildman–Crippen LogP) is 0.953. The number of nitrogens with zero attached hydrogens (tertiary/aromatic N) is 1. The maximum absolute atomic E-state index is 11.5. The van der Waals surface area contributed by atoms with Gasteiger partial charge in [-0.1, -0.05) is 6.92 Å². The summed E-state index contributed by atoms with van der Waals surface area (Å²) >= 11 is 5.91. The van der Waals surface area contributed by atoms with Crippen LogP contribution in [0.15, 0.2) is 0 Å². The summed E-state index contributed by atoms with van der Waals surface area (Å²) in [7, 11) is 0. The van der Waals surface area contributed by atoms with Gasteiger partial charge >= 0.3 is 0 Å². The van der Waals surface area contributed by atoms with Crippen LogP contribution in [0, 0.1) is 0 Å². The van der Waals surface area contributed by atoms with Crippen LogP contribution in [0.2, 0.25) is 0 Å². The third kappa shape index (κ3) is 2.58. The molecule has 76 valence electrons. The van der Waals surface area contributed by atoms with E-state index in [1.165, 1.54) is 0 Å². The van der Waals surface area contributed by atoms with Crippen LogP contribution in [-0.4, -0.2) is 35.3 Å². The first kappa shape index (κ1) is 10.8. The van der Waals surface area contributed by atoms with E-state index >= 15 is 0 Å². The van der Waals surface area contributed by atoms with Crippen molar-refractivity contribution >= 4 is 17.5 Å². The summed E-state index contributed by atoms with van der Waals surface area (Å²) in [6, 6.07) is 0.293. The molecule has 0 aromatic rings. The normalized spacial score (nSPS) is 25.3. The smallest absolute Gasteiger partial charge is 0.224 e. The number of halogens is 1. The molecule has 0 bridgehead atoms. The third-order valence-corrected chi connectivity index (χ3v) is 2.82. The van der Waals surface area contributed by atoms with Crippen molar-refractivity contribution in [1.29, 1.82) is 0 Å². The highest BCUT2D eigenvalue weighted by Gasteiger charge is 2.31. The molecule has 1 fully saturated rings. The Morgan fingerprint density at radius 1 is 1.77 bits per heavy atom. The number of amides is 1. The zero-order valence-electron chi connectivity index (χ0n) is 8.00. The van der Waals surface area contributed by atoms with Crippen molar-refractivity contribution in [2.75, 3.05) is 13.1 Å². The van der Waals surface area contributed by atoms with Gasteiger partial charge in [-0.3, -0.25) is 4.79 Å². The molecule has 4 heteroatoms. The molecule has 1 aliphatic rings. The standard InChI is InChI=1S/C9H17ClN2O/c1-2-8(3-4-11)12-6-7(10)5-9(12)13/h7-8H,2-6,11H2,1H3. The number of nitrogens with two attached hydrogens (primary N) is 1. The van der Waals surface area contributed by atoms with Crippen LogP contribution in [0.3, 0.4) is 0 Å². The number of alkyl halides is 1. The van der Waals surface area contributed by atoms with E-state index in [2.05, 4.69) is 6.92 Å². The van der Waals surface area contributed by atoms with Gasteiger partial charge in [0, 0.05) is 19.0 Å². The van der Waals surface area contributed by atoms with Gasteiger partial charge in [-0.25, -0.2) is 0 Å². The summed E-state index contributed by atoms with van der Waals surface area (Å²) in [4.78, 5) is 13.3. The Bertz CT molecular complexity index is 186. The highest BCUT2D eigenvalue weighted by molar-refractivity contribution is 6.22. The highest BCUT2D eigenvalue weighted by Crippen LogP contribution is 2.21. The topological polar surface area (TPSA) is 46.3 Å². The largest absolute Gasteiger partial charge is 0.338 e.